The van der Waals surface area contributed by atoms with Crippen LogP contribution >= 0.6 is 0 Å². The van der Waals surface area contributed by atoms with Crippen LogP contribution < -0.4 is 5.32 Å². The first-order valence-corrected chi connectivity index (χ1v) is 9.42. The first kappa shape index (κ1) is 17.8. The van der Waals surface area contributed by atoms with Crippen molar-refractivity contribution >= 4 is 11.6 Å². The molecule has 0 radical (unpaired) electrons. The predicted octanol–water partition coefficient (Wildman–Crippen LogP) is 4.54. The zero-order valence-corrected chi connectivity index (χ0v) is 15.0. The van der Waals surface area contributed by atoms with Crippen molar-refractivity contribution in [2.75, 3.05) is 18.9 Å². The van der Waals surface area contributed by atoms with Gasteiger partial charge in [0.2, 0.25) is 5.91 Å². The summed E-state index contributed by atoms with van der Waals surface area (Å²) in [7, 11) is 1.96. The largest absolute Gasteiger partial charge is 0.418 e. The molecule has 0 heterocycles. The summed E-state index contributed by atoms with van der Waals surface area (Å²) in [5.74, 6) is 1.91. The third-order valence-electron chi connectivity index (χ3n) is 6.70. The molecule has 1 aromatic carbocycles. The highest BCUT2D eigenvalue weighted by Gasteiger charge is 2.52. The number of hydrogen-bond donors (Lipinski definition) is 1. The molecule has 142 valence electrons. The number of benzene rings is 1. The number of halogens is 3. The van der Waals surface area contributed by atoms with Gasteiger partial charge in [0.05, 0.1) is 17.8 Å². The third-order valence-corrected chi connectivity index (χ3v) is 6.70. The standard InChI is InChI=1S/C20H25F3N2O/c1-25(19-9-13-6-14(10-19)8-15(7-13)11-19)12-18(26)24-17-5-3-2-4-16(17)20(21,22)23/h2-5,13-15H,6-12H2,1H3,(H,24,26). The van der Waals surface area contributed by atoms with Gasteiger partial charge in [0.15, 0.2) is 0 Å². The summed E-state index contributed by atoms with van der Waals surface area (Å²) in [6.45, 7) is 0.137. The molecule has 1 N–H and O–H groups in total. The average molecular weight is 366 g/mol. The minimum absolute atomic E-state index is 0.0651. The van der Waals surface area contributed by atoms with Crippen LogP contribution in [0.2, 0.25) is 0 Å². The summed E-state index contributed by atoms with van der Waals surface area (Å²) >= 11 is 0. The van der Waals surface area contributed by atoms with Crippen LogP contribution in [0, 0.1) is 17.8 Å². The molecule has 4 fully saturated rings. The molecule has 1 amide bonds. The van der Waals surface area contributed by atoms with Crippen LogP contribution in [-0.2, 0) is 11.0 Å². The van der Waals surface area contributed by atoms with Gasteiger partial charge in [-0.3, -0.25) is 9.69 Å². The monoisotopic (exact) mass is 366 g/mol. The second kappa shape index (κ2) is 6.25. The SMILES string of the molecule is CN(CC(=O)Nc1ccccc1C(F)(F)F)C12CC3CC(CC(C3)C1)C2. The highest BCUT2D eigenvalue weighted by molar-refractivity contribution is 5.93. The summed E-state index contributed by atoms with van der Waals surface area (Å²) < 4.78 is 39.3. The van der Waals surface area contributed by atoms with Crippen molar-refractivity contribution in [1.29, 1.82) is 0 Å². The maximum atomic E-state index is 13.1. The number of amides is 1. The first-order valence-electron chi connectivity index (χ1n) is 9.42. The fraction of sp³-hybridized carbons (Fsp3) is 0.650. The van der Waals surface area contributed by atoms with E-state index < -0.39 is 11.7 Å². The van der Waals surface area contributed by atoms with Crippen molar-refractivity contribution in [3.8, 4) is 0 Å². The number of carbonyl (C=O) groups excluding carboxylic acids is 1. The molecule has 0 atom stereocenters. The Labute approximate surface area is 151 Å². The number of nitrogens with zero attached hydrogens (tertiary/aromatic N) is 1. The van der Waals surface area contributed by atoms with Gasteiger partial charge in [-0.05, 0) is 75.5 Å². The number of carbonyl (C=O) groups is 1. The van der Waals surface area contributed by atoms with Gasteiger partial charge in [-0.15, -0.1) is 0 Å². The average Bonchev–Trinajstić information content (AvgIpc) is 2.53. The molecule has 6 heteroatoms. The molecule has 1 aromatic rings. The van der Waals surface area contributed by atoms with Crippen LogP contribution in [0.1, 0.15) is 44.1 Å². The van der Waals surface area contributed by atoms with Crippen molar-refractivity contribution in [3.05, 3.63) is 29.8 Å². The van der Waals surface area contributed by atoms with E-state index in [0.29, 0.717) is 0 Å². The minimum Gasteiger partial charge on any atom is -0.324 e. The Hall–Kier alpha value is -1.56. The lowest BCUT2D eigenvalue weighted by Crippen LogP contribution is -2.60. The van der Waals surface area contributed by atoms with Crippen molar-refractivity contribution < 1.29 is 18.0 Å². The molecule has 4 saturated carbocycles. The van der Waals surface area contributed by atoms with Gasteiger partial charge in [0, 0.05) is 5.54 Å². The molecule has 3 nitrogen and oxygen atoms in total. The van der Waals surface area contributed by atoms with Gasteiger partial charge >= 0.3 is 6.18 Å². The number of anilines is 1. The van der Waals surface area contributed by atoms with Gasteiger partial charge in [0.25, 0.3) is 0 Å². The maximum Gasteiger partial charge on any atom is 0.418 e. The predicted molar refractivity (Wildman–Crippen MR) is 93.6 cm³/mol. The number of nitrogens with one attached hydrogen (secondary N) is 1. The highest BCUT2D eigenvalue weighted by atomic mass is 19.4. The molecule has 0 unspecified atom stereocenters. The summed E-state index contributed by atoms with van der Waals surface area (Å²) in [5, 5.41) is 2.48. The van der Waals surface area contributed by atoms with E-state index in [9.17, 15) is 18.0 Å². The Balaban J connectivity index is 1.45. The summed E-state index contributed by atoms with van der Waals surface area (Å²) in [6, 6.07) is 5.15. The van der Waals surface area contributed by atoms with E-state index in [1.165, 1.54) is 37.5 Å². The summed E-state index contributed by atoms with van der Waals surface area (Å²) in [5.41, 5.74) is -0.898. The molecule has 4 bridgehead atoms. The molecule has 4 aliphatic carbocycles. The smallest absolute Gasteiger partial charge is 0.324 e. The van der Waals surface area contributed by atoms with E-state index in [2.05, 4.69) is 10.2 Å². The summed E-state index contributed by atoms with van der Waals surface area (Å²) in [4.78, 5) is 14.6. The van der Waals surface area contributed by atoms with Crippen molar-refractivity contribution in [3.63, 3.8) is 0 Å². The lowest BCUT2D eigenvalue weighted by Gasteiger charge is -2.59. The Morgan fingerprint density at radius 1 is 1.12 bits per heavy atom. The van der Waals surface area contributed by atoms with Gasteiger partial charge < -0.3 is 5.32 Å². The molecule has 5 rings (SSSR count). The van der Waals surface area contributed by atoms with Gasteiger partial charge in [-0.2, -0.15) is 13.2 Å². The Kier molecular flexibility index (Phi) is 4.29. The Morgan fingerprint density at radius 2 is 1.65 bits per heavy atom. The third kappa shape index (κ3) is 3.24. The van der Waals surface area contributed by atoms with E-state index in [0.717, 1.165) is 43.1 Å². The molecular formula is C20H25F3N2O. The molecule has 0 aliphatic heterocycles. The fourth-order valence-corrected chi connectivity index (χ4v) is 5.94. The topological polar surface area (TPSA) is 32.3 Å². The number of alkyl halides is 3. The normalized spacial score (nSPS) is 32.9. The molecular weight excluding hydrogens is 341 g/mol. The lowest BCUT2D eigenvalue weighted by atomic mass is 9.52. The van der Waals surface area contributed by atoms with Crippen LogP contribution in [0.25, 0.3) is 0 Å². The molecule has 4 aliphatic rings. The number of para-hydroxylation sites is 1. The Bertz CT molecular complexity index is 665. The zero-order valence-electron chi connectivity index (χ0n) is 15.0. The number of hydrogen-bond acceptors (Lipinski definition) is 2. The van der Waals surface area contributed by atoms with Gasteiger partial charge in [0.1, 0.15) is 0 Å². The van der Waals surface area contributed by atoms with Crippen molar-refractivity contribution in [1.82, 2.24) is 4.90 Å². The number of rotatable bonds is 4. The van der Waals surface area contributed by atoms with E-state index >= 15 is 0 Å². The second-order valence-electron chi connectivity index (χ2n) is 8.59. The van der Waals surface area contributed by atoms with Crippen LogP contribution in [0.5, 0.6) is 0 Å². The maximum absolute atomic E-state index is 13.1. The van der Waals surface area contributed by atoms with Crippen LogP contribution in [-0.4, -0.2) is 29.9 Å². The summed E-state index contributed by atoms with van der Waals surface area (Å²) in [6.07, 6.45) is 2.86. The quantitative estimate of drug-likeness (QED) is 0.848. The van der Waals surface area contributed by atoms with Crippen molar-refractivity contribution in [2.24, 2.45) is 17.8 Å². The highest BCUT2D eigenvalue weighted by Crippen LogP contribution is 2.57. The number of likely N-dealkylation sites (N-methyl/N-ethyl adjacent to an activating group) is 1. The van der Waals surface area contributed by atoms with E-state index in [1.807, 2.05) is 7.05 Å². The molecule has 26 heavy (non-hydrogen) atoms. The van der Waals surface area contributed by atoms with E-state index in [1.54, 1.807) is 0 Å². The lowest BCUT2D eigenvalue weighted by molar-refractivity contribution is -0.137. The molecule has 0 aromatic heterocycles. The first-order chi connectivity index (χ1) is 12.2. The van der Waals surface area contributed by atoms with Crippen LogP contribution in [0.4, 0.5) is 18.9 Å². The molecule has 0 spiro atoms. The zero-order chi connectivity index (χ0) is 18.5. The van der Waals surface area contributed by atoms with Crippen LogP contribution in [0.3, 0.4) is 0 Å². The fourth-order valence-electron chi connectivity index (χ4n) is 5.94. The molecule has 0 saturated heterocycles. The van der Waals surface area contributed by atoms with E-state index in [4.69, 9.17) is 0 Å². The van der Waals surface area contributed by atoms with Crippen molar-refractivity contribution in [2.45, 2.75) is 50.2 Å². The second-order valence-corrected chi connectivity index (χ2v) is 8.59. The van der Waals surface area contributed by atoms with Crippen LogP contribution in [0.15, 0.2) is 24.3 Å². The minimum atomic E-state index is -4.48. The van der Waals surface area contributed by atoms with Gasteiger partial charge in [-0.25, -0.2) is 0 Å². The van der Waals surface area contributed by atoms with Gasteiger partial charge in [-0.1, -0.05) is 12.1 Å². The van der Waals surface area contributed by atoms with E-state index in [-0.39, 0.29) is 23.7 Å². The Morgan fingerprint density at radius 3 is 2.19 bits per heavy atom.